The molecule has 8 heteroatoms. The van der Waals surface area contributed by atoms with Crippen LogP contribution in [0.3, 0.4) is 0 Å². The average Bonchev–Trinajstić information content (AvgIpc) is 2.39. The molecular formula is C11H21N3O4S. The molecule has 19 heavy (non-hydrogen) atoms. The average molecular weight is 291 g/mol. The summed E-state index contributed by atoms with van der Waals surface area (Å²) in [5, 5.41) is 13.6. The highest BCUT2D eigenvalue weighted by atomic mass is 32.2. The fourth-order valence-corrected chi connectivity index (χ4v) is 1.64. The molecule has 0 aromatic rings. The Kier molecular flexibility index (Phi) is 8.77. The molecule has 0 radical (unpaired) electrons. The molecule has 0 bridgehead atoms. The summed E-state index contributed by atoms with van der Waals surface area (Å²) in [5.74, 6) is -0.677. The lowest BCUT2D eigenvalue weighted by molar-refractivity contribution is -0.139. The molecule has 110 valence electrons. The molecule has 1 atom stereocenters. The first kappa shape index (κ1) is 17.6. The van der Waals surface area contributed by atoms with Crippen molar-refractivity contribution in [3.63, 3.8) is 0 Å². The topological polar surface area (TPSA) is 98.7 Å². The van der Waals surface area contributed by atoms with Gasteiger partial charge in [-0.15, -0.1) is 0 Å². The molecular weight excluding hydrogens is 270 g/mol. The van der Waals surface area contributed by atoms with E-state index >= 15 is 0 Å². The molecule has 0 saturated carbocycles. The Bertz CT molecular complexity index is 325. The largest absolute Gasteiger partial charge is 0.480 e. The number of hydrogen-bond donors (Lipinski definition) is 3. The molecule has 0 aliphatic heterocycles. The molecule has 0 saturated heterocycles. The molecule has 0 aromatic carbocycles. The second-order valence-electron chi connectivity index (χ2n) is 3.91. The lowest BCUT2D eigenvalue weighted by Crippen LogP contribution is -2.48. The van der Waals surface area contributed by atoms with Gasteiger partial charge < -0.3 is 20.6 Å². The van der Waals surface area contributed by atoms with Crippen molar-refractivity contribution in [1.29, 1.82) is 0 Å². The smallest absolute Gasteiger partial charge is 0.326 e. The first-order valence-electron chi connectivity index (χ1n) is 5.92. The summed E-state index contributed by atoms with van der Waals surface area (Å²) in [6.07, 6.45) is 2.20. The molecule has 7 nitrogen and oxygen atoms in total. The maximum Gasteiger partial charge on any atom is 0.326 e. The third kappa shape index (κ3) is 7.55. The SMILES string of the molecule is CCN(C)C(=O)CNC(=O)N[C@@H](CCSC)C(=O)O. The minimum Gasteiger partial charge on any atom is -0.480 e. The lowest BCUT2D eigenvalue weighted by atomic mass is 10.2. The fourth-order valence-electron chi connectivity index (χ4n) is 1.17. The molecule has 0 aromatic heterocycles. The van der Waals surface area contributed by atoms with E-state index < -0.39 is 18.0 Å². The van der Waals surface area contributed by atoms with E-state index in [2.05, 4.69) is 10.6 Å². The number of aliphatic carboxylic acids is 1. The summed E-state index contributed by atoms with van der Waals surface area (Å²) in [7, 11) is 1.63. The number of hydrogen-bond acceptors (Lipinski definition) is 4. The Morgan fingerprint density at radius 3 is 2.47 bits per heavy atom. The van der Waals surface area contributed by atoms with Crippen molar-refractivity contribution in [3.05, 3.63) is 0 Å². The number of amides is 3. The van der Waals surface area contributed by atoms with Crippen LogP contribution in [0.25, 0.3) is 0 Å². The number of carbonyl (C=O) groups is 3. The highest BCUT2D eigenvalue weighted by molar-refractivity contribution is 7.98. The van der Waals surface area contributed by atoms with Crippen LogP contribution < -0.4 is 10.6 Å². The van der Waals surface area contributed by atoms with Gasteiger partial charge in [-0.05, 0) is 25.4 Å². The van der Waals surface area contributed by atoms with Crippen LogP contribution in [0.15, 0.2) is 0 Å². The van der Waals surface area contributed by atoms with Gasteiger partial charge in [0.05, 0.1) is 6.54 Å². The van der Waals surface area contributed by atoms with Gasteiger partial charge >= 0.3 is 12.0 Å². The summed E-state index contributed by atoms with van der Waals surface area (Å²) < 4.78 is 0. The Morgan fingerprint density at radius 2 is 2.00 bits per heavy atom. The van der Waals surface area contributed by atoms with Crippen molar-refractivity contribution < 1.29 is 19.5 Å². The van der Waals surface area contributed by atoms with E-state index in [9.17, 15) is 14.4 Å². The third-order valence-electron chi connectivity index (χ3n) is 2.51. The molecule has 0 aliphatic rings. The summed E-state index contributed by atoms with van der Waals surface area (Å²) in [6, 6.07) is -1.59. The van der Waals surface area contributed by atoms with Crippen LogP contribution in [0.4, 0.5) is 4.79 Å². The Hall–Kier alpha value is -1.44. The van der Waals surface area contributed by atoms with Crippen LogP contribution in [-0.2, 0) is 9.59 Å². The maximum absolute atomic E-state index is 11.5. The normalized spacial score (nSPS) is 11.5. The fraction of sp³-hybridized carbons (Fsp3) is 0.727. The molecule has 0 rings (SSSR count). The third-order valence-corrected chi connectivity index (χ3v) is 3.16. The number of likely N-dealkylation sites (N-methyl/N-ethyl adjacent to an activating group) is 1. The van der Waals surface area contributed by atoms with Crippen LogP contribution in [0, 0.1) is 0 Å². The second kappa shape index (κ2) is 9.48. The zero-order valence-corrected chi connectivity index (χ0v) is 12.2. The minimum absolute atomic E-state index is 0.148. The number of carboxylic acid groups (broad SMARTS) is 1. The molecule has 0 aliphatic carbocycles. The monoisotopic (exact) mass is 291 g/mol. The number of thioether (sulfide) groups is 1. The lowest BCUT2D eigenvalue weighted by Gasteiger charge is -2.17. The van der Waals surface area contributed by atoms with Crippen molar-refractivity contribution in [2.45, 2.75) is 19.4 Å². The van der Waals surface area contributed by atoms with Gasteiger partial charge in [0.2, 0.25) is 5.91 Å². The Labute approximate surface area is 117 Å². The van der Waals surface area contributed by atoms with Crippen LogP contribution in [0.5, 0.6) is 0 Å². The molecule has 3 amide bonds. The zero-order valence-electron chi connectivity index (χ0n) is 11.4. The quantitative estimate of drug-likeness (QED) is 0.583. The predicted molar refractivity (Wildman–Crippen MR) is 74.3 cm³/mol. The molecule has 0 spiro atoms. The van der Waals surface area contributed by atoms with Gasteiger partial charge in [0, 0.05) is 13.6 Å². The van der Waals surface area contributed by atoms with E-state index in [1.54, 1.807) is 7.05 Å². The van der Waals surface area contributed by atoms with Gasteiger partial charge in [0.15, 0.2) is 0 Å². The Morgan fingerprint density at radius 1 is 1.37 bits per heavy atom. The Balaban J connectivity index is 4.13. The summed E-state index contributed by atoms with van der Waals surface area (Å²) in [6.45, 7) is 2.22. The molecule has 3 N–H and O–H groups in total. The van der Waals surface area contributed by atoms with Crippen LogP contribution >= 0.6 is 11.8 Å². The van der Waals surface area contributed by atoms with E-state index in [-0.39, 0.29) is 12.5 Å². The van der Waals surface area contributed by atoms with Crippen LogP contribution in [0.1, 0.15) is 13.3 Å². The van der Waals surface area contributed by atoms with Gasteiger partial charge in [-0.3, -0.25) is 4.79 Å². The van der Waals surface area contributed by atoms with Crippen molar-refractivity contribution in [2.24, 2.45) is 0 Å². The number of rotatable bonds is 8. The van der Waals surface area contributed by atoms with Gasteiger partial charge in [0.1, 0.15) is 6.04 Å². The maximum atomic E-state index is 11.5. The van der Waals surface area contributed by atoms with Gasteiger partial charge in [-0.25, -0.2) is 9.59 Å². The summed E-state index contributed by atoms with van der Waals surface area (Å²) >= 11 is 1.50. The predicted octanol–water partition coefficient (Wildman–Crippen LogP) is -0.0298. The number of urea groups is 1. The number of nitrogens with one attached hydrogen (secondary N) is 2. The zero-order chi connectivity index (χ0) is 14.8. The van der Waals surface area contributed by atoms with E-state index in [4.69, 9.17) is 5.11 Å². The van der Waals surface area contributed by atoms with Crippen LogP contribution in [-0.4, -0.2) is 66.1 Å². The number of carbonyl (C=O) groups excluding carboxylic acids is 2. The van der Waals surface area contributed by atoms with E-state index in [0.717, 1.165) is 0 Å². The van der Waals surface area contributed by atoms with E-state index in [1.807, 2.05) is 13.2 Å². The van der Waals surface area contributed by atoms with Crippen molar-refractivity contribution >= 4 is 29.7 Å². The van der Waals surface area contributed by atoms with E-state index in [0.29, 0.717) is 18.7 Å². The summed E-state index contributed by atoms with van der Waals surface area (Å²) in [5.41, 5.74) is 0. The van der Waals surface area contributed by atoms with E-state index in [1.165, 1.54) is 16.7 Å². The first-order chi connectivity index (χ1) is 8.92. The highest BCUT2D eigenvalue weighted by Gasteiger charge is 2.19. The standard InChI is InChI=1S/C11H21N3O4S/c1-4-14(2)9(15)7-12-11(18)13-8(10(16)17)5-6-19-3/h8H,4-7H2,1-3H3,(H,16,17)(H2,12,13,18)/t8-/m0/s1. The molecule has 0 heterocycles. The second-order valence-corrected chi connectivity index (χ2v) is 4.89. The van der Waals surface area contributed by atoms with Gasteiger partial charge in [0.25, 0.3) is 0 Å². The highest BCUT2D eigenvalue weighted by Crippen LogP contribution is 2.00. The van der Waals surface area contributed by atoms with Gasteiger partial charge in [-0.1, -0.05) is 0 Å². The van der Waals surface area contributed by atoms with Gasteiger partial charge in [-0.2, -0.15) is 11.8 Å². The summed E-state index contributed by atoms with van der Waals surface area (Å²) in [4.78, 5) is 35.3. The van der Waals surface area contributed by atoms with Crippen LogP contribution in [0.2, 0.25) is 0 Å². The van der Waals surface area contributed by atoms with Crippen molar-refractivity contribution in [1.82, 2.24) is 15.5 Å². The van der Waals surface area contributed by atoms with Crippen molar-refractivity contribution in [2.75, 3.05) is 32.1 Å². The number of carboxylic acids is 1. The van der Waals surface area contributed by atoms with Crippen molar-refractivity contribution in [3.8, 4) is 0 Å². The molecule has 0 unspecified atom stereocenters. The first-order valence-corrected chi connectivity index (χ1v) is 7.31. The number of nitrogens with zero attached hydrogens (tertiary/aromatic N) is 1. The molecule has 0 fully saturated rings. The minimum atomic E-state index is -1.08.